The number of nitriles is 1. The molecule has 7 nitrogen and oxygen atoms in total. The molecule has 28 heavy (non-hydrogen) atoms. The summed E-state index contributed by atoms with van der Waals surface area (Å²) in [6.45, 7) is 5.88. The van der Waals surface area contributed by atoms with E-state index in [2.05, 4.69) is 27.0 Å². The minimum atomic E-state index is -0.110. The van der Waals surface area contributed by atoms with Crippen LogP contribution in [0, 0.1) is 11.3 Å². The molecule has 0 spiro atoms. The molecule has 0 aliphatic carbocycles. The fraction of sp³-hybridized carbons (Fsp3) is 0.381. The number of rotatable bonds is 4. The van der Waals surface area contributed by atoms with E-state index < -0.39 is 0 Å². The van der Waals surface area contributed by atoms with Gasteiger partial charge in [-0.15, -0.1) is 0 Å². The maximum absolute atomic E-state index is 13.0. The maximum Gasteiger partial charge on any atom is 0.255 e. The third kappa shape index (κ3) is 3.51. The van der Waals surface area contributed by atoms with E-state index in [0.29, 0.717) is 16.9 Å². The van der Waals surface area contributed by atoms with Gasteiger partial charge in [-0.1, -0.05) is 0 Å². The number of hydrogen-bond donors (Lipinski definition) is 4. The van der Waals surface area contributed by atoms with E-state index in [1.807, 2.05) is 26.0 Å². The number of carbonyl (C=O) groups is 1. The Balaban J connectivity index is 1.77. The van der Waals surface area contributed by atoms with Gasteiger partial charge in [-0.25, -0.2) is 4.98 Å². The minimum absolute atomic E-state index is 0.110. The van der Waals surface area contributed by atoms with Crippen molar-refractivity contribution in [3.8, 4) is 6.07 Å². The summed E-state index contributed by atoms with van der Waals surface area (Å²) in [4.78, 5) is 21.1. The predicted molar refractivity (Wildman–Crippen MR) is 110 cm³/mol. The Hall–Kier alpha value is -3.11. The van der Waals surface area contributed by atoms with E-state index in [1.165, 1.54) is 0 Å². The van der Waals surface area contributed by atoms with E-state index in [9.17, 15) is 4.79 Å². The number of amides is 1. The van der Waals surface area contributed by atoms with Crippen molar-refractivity contribution < 1.29 is 4.79 Å². The van der Waals surface area contributed by atoms with Crippen LogP contribution in [0.4, 0.5) is 5.82 Å². The highest BCUT2D eigenvalue weighted by molar-refractivity contribution is 6.09. The molecule has 1 amide bonds. The number of piperidine rings is 1. The van der Waals surface area contributed by atoms with Gasteiger partial charge in [0.25, 0.3) is 5.91 Å². The molecule has 7 heteroatoms. The number of aromatic nitrogens is 2. The summed E-state index contributed by atoms with van der Waals surface area (Å²) in [5, 5.41) is 19.8. The highest BCUT2D eigenvalue weighted by Crippen LogP contribution is 2.28. The Bertz CT molecular complexity index is 1070. The van der Waals surface area contributed by atoms with Crippen molar-refractivity contribution in [3.05, 3.63) is 35.4 Å². The summed E-state index contributed by atoms with van der Waals surface area (Å²) in [6, 6.07) is 9.82. The van der Waals surface area contributed by atoms with Crippen LogP contribution in [0.2, 0.25) is 0 Å². The van der Waals surface area contributed by atoms with Gasteiger partial charge >= 0.3 is 0 Å². The molecule has 4 N–H and O–H groups in total. The van der Waals surface area contributed by atoms with Gasteiger partial charge in [0.2, 0.25) is 0 Å². The van der Waals surface area contributed by atoms with Gasteiger partial charge in [-0.3, -0.25) is 4.79 Å². The van der Waals surface area contributed by atoms with Crippen molar-refractivity contribution in [2.45, 2.75) is 38.8 Å². The average molecular weight is 376 g/mol. The molecule has 0 radical (unpaired) electrons. The standard InChI is InChI=1S/C21H24N6O/c1-12(2)24-20-16(21(28)25-14-5-7-23-8-6-14)10-18-19(27-20)15-4-3-13(11-22)9-17(15)26-18/h3-4,9-10,12,14,23,26H,5-8H2,1-2H3,(H,24,27)(H,25,28). The molecule has 4 rings (SSSR count). The number of benzene rings is 1. The number of pyridine rings is 1. The Kier molecular flexibility index (Phi) is 4.88. The van der Waals surface area contributed by atoms with Crippen LogP contribution in [-0.2, 0) is 0 Å². The third-order valence-corrected chi connectivity index (χ3v) is 5.04. The van der Waals surface area contributed by atoms with Gasteiger partial charge in [0.15, 0.2) is 0 Å². The van der Waals surface area contributed by atoms with Crippen molar-refractivity contribution >= 4 is 33.7 Å². The lowest BCUT2D eigenvalue weighted by atomic mass is 10.1. The normalized spacial score (nSPS) is 15.1. The first-order valence-electron chi connectivity index (χ1n) is 9.70. The fourth-order valence-corrected chi connectivity index (χ4v) is 3.67. The van der Waals surface area contributed by atoms with Crippen molar-refractivity contribution in [3.63, 3.8) is 0 Å². The molecule has 1 aliphatic rings. The summed E-state index contributed by atoms with van der Waals surface area (Å²) in [6.07, 6.45) is 1.86. The van der Waals surface area contributed by atoms with E-state index >= 15 is 0 Å². The SMILES string of the molecule is CC(C)Nc1nc2c(cc1C(=O)NC1CCNCC1)[nH]c1cc(C#N)ccc12. The molecule has 0 atom stereocenters. The predicted octanol–water partition coefficient (Wildman–Crippen LogP) is 2.89. The smallest absolute Gasteiger partial charge is 0.255 e. The molecule has 1 saturated heterocycles. The minimum Gasteiger partial charge on any atom is -0.367 e. The van der Waals surface area contributed by atoms with E-state index in [1.54, 1.807) is 12.1 Å². The van der Waals surface area contributed by atoms with Crippen molar-refractivity contribution in [2.24, 2.45) is 0 Å². The Morgan fingerprint density at radius 3 is 2.75 bits per heavy atom. The first kappa shape index (κ1) is 18.3. The molecule has 0 saturated carbocycles. The molecule has 1 aromatic carbocycles. The Morgan fingerprint density at radius 1 is 1.25 bits per heavy atom. The Morgan fingerprint density at radius 2 is 2.04 bits per heavy atom. The second kappa shape index (κ2) is 7.49. The summed E-state index contributed by atoms with van der Waals surface area (Å²) < 4.78 is 0. The van der Waals surface area contributed by atoms with E-state index in [4.69, 9.17) is 10.2 Å². The zero-order valence-corrected chi connectivity index (χ0v) is 16.1. The average Bonchev–Trinajstić information content (AvgIpc) is 3.04. The fourth-order valence-electron chi connectivity index (χ4n) is 3.67. The number of nitrogens with one attached hydrogen (secondary N) is 4. The zero-order chi connectivity index (χ0) is 19.7. The highest BCUT2D eigenvalue weighted by Gasteiger charge is 2.21. The Labute approximate surface area is 163 Å². The van der Waals surface area contributed by atoms with E-state index in [0.717, 1.165) is 47.9 Å². The van der Waals surface area contributed by atoms with Crippen LogP contribution in [-0.4, -0.2) is 41.0 Å². The lowest BCUT2D eigenvalue weighted by Gasteiger charge is -2.24. The molecular weight excluding hydrogens is 352 g/mol. The molecule has 3 heterocycles. The van der Waals surface area contributed by atoms with Gasteiger partial charge in [-0.2, -0.15) is 5.26 Å². The molecule has 1 aliphatic heterocycles. The number of hydrogen-bond acceptors (Lipinski definition) is 5. The van der Waals surface area contributed by atoms with Crippen LogP contribution in [0.1, 0.15) is 42.6 Å². The van der Waals surface area contributed by atoms with Crippen LogP contribution >= 0.6 is 0 Å². The van der Waals surface area contributed by atoms with E-state index in [-0.39, 0.29) is 18.0 Å². The molecule has 0 bridgehead atoms. The van der Waals surface area contributed by atoms with Gasteiger partial charge in [0.1, 0.15) is 5.82 Å². The number of nitrogens with zero attached hydrogens (tertiary/aromatic N) is 2. The second-order valence-corrected chi connectivity index (χ2v) is 7.57. The summed E-state index contributed by atoms with van der Waals surface area (Å²) in [7, 11) is 0. The lowest BCUT2D eigenvalue weighted by Crippen LogP contribution is -2.43. The quantitative estimate of drug-likeness (QED) is 0.560. The van der Waals surface area contributed by atoms with Crippen LogP contribution in [0.5, 0.6) is 0 Å². The van der Waals surface area contributed by atoms with Crippen molar-refractivity contribution in [2.75, 3.05) is 18.4 Å². The first-order valence-corrected chi connectivity index (χ1v) is 9.70. The molecular formula is C21H24N6O. The molecule has 2 aromatic heterocycles. The summed E-state index contributed by atoms with van der Waals surface area (Å²) in [5.41, 5.74) is 3.54. The van der Waals surface area contributed by atoms with Crippen LogP contribution in [0.3, 0.4) is 0 Å². The van der Waals surface area contributed by atoms with Crippen molar-refractivity contribution in [1.82, 2.24) is 20.6 Å². The number of H-pyrrole nitrogens is 1. The van der Waals surface area contributed by atoms with Crippen LogP contribution in [0.25, 0.3) is 21.9 Å². The lowest BCUT2D eigenvalue weighted by molar-refractivity contribution is 0.0930. The topological polar surface area (TPSA) is 106 Å². The first-order chi connectivity index (χ1) is 13.5. The summed E-state index contributed by atoms with van der Waals surface area (Å²) >= 11 is 0. The largest absolute Gasteiger partial charge is 0.367 e. The monoisotopic (exact) mass is 376 g/mol. The summed E-state index contributed by atoms with van der Waals surface area (Å²) in [5.74, 6) is 0.472. The van der Waals surface area contributed by atoms with Gasteiger partial charge in [0, 0.05) is 23.0 Å². The van der Waals surface area contributed by atoms with Crippen LogP contribution in [0.15, 0.2) is 24.3 Å². The third-order valence-electron chi connectivity index (χ3n) is 5.04. The maximum atomic E-state index is 13.0. The molecule has 144 valence electrons. The molecule has 3 aromatic rings. The van der Waals surface area contributed by atoms with Crippen LogP contribution < -0.4 is 16.0 Å². The molecule has 1 fully saturated rings. The zero-order valence-electron chi connectivity index (χ0n) is 16.1. The van der Waals surface area contributed by atoms with Gasteiger partial charge in [-0.05, 0) is 64.0 Å². The number of carbonyl (C=O) groups excluding carboxylic acids is 1. The number of anilines is 1. The van der Waals surface area contributed by atoms with Crippen molar-refractivity contribution in [1.29, 1.82) is 5.26 Å². The second-order valence-electron chi connectivity index (χ2n) is 7.57. The van der Waals surface area contributed by atoms with Gasteiger partial charge in [0.05, 0.1) is 28.2 Å². The highest BCUT2D eigenvalue weighted by atomic mass is 16.1. The number of aromatic amines is 1. The van der Waals surface area contributed by atoms with Gasteiger partial charge < -0.3 is 20.9 Å². The number of fused-ring (bicyclic) bond motifs is 3. The molecule has 0 unspecified atom stereocenters.